The van der Waals surface area contributed by atoms with Crippen LogP contribution >= 0.6 is 0 Å². The number of hydrogen-bond acceptors (Lipinski definition) is 6. The first-order valence-corrected chi connectivity index (χ1v) is 6.47. The first-order valence-electron chi connectivity index (χ1n) is 6.47. The van der Waals surface area contributed by atoms with Crippen molar-refractivity contribution < 1.29 is 23.0 Å². The van der Waals surface area contributed by atoms with Crippen molar-refractivity contribution in [2.75, 3.05) is 5.43 Å². The third-order valence-electron chi connectivity index (χ3n) is 2.96. The molecule has 1 rings (SSSR count). The number of benzene rings is 1. The Hall–Kier alpha value is -2.72. The van der Waals surface area contributed by atoms with Gasteiger partial charge >= 0.3 is 17.6 Å². The molecule has 8 nitrogen and oxygen atoms in total. The van der Waals surface area contributed by atoms with Crippen LogP contribution in [0.5, 0.6) is 0 Å². The number of anilines is 1. The average Bonchev–Trinajstić information content (AvgIpc) is 2.46. The van der Waals surface area contributed by atoms with Gasteiger partial charge in [-0.3, -0.25) is 25.7 Å². The van der Waals surface area contributed by atoms with Crippen LogP contribution in [0.3, 0.4) is 0 Å². The highest BCUT2D eigenvalue weighted by molar-refractivity contribution is 5.85. The Morgan fingerprint density at radius 1 is 1.13 bits per heavy atom. The van der Waals surface area contributed by atoms with Crippen molar-refractivity contribution >= 4 is 22.8 Å². The molecule has 0 bridgehead atoms. The normalized spacial score (nSPS) is 11.0. The van der Waals surface area contributed by atoms with Crippen molar-refractivity contribution in [2.24, 2.45) is 5.10 Å². The summed E-state index contributed by atoms with van der Waals surface area (Å²) in [5.74, 6) is 0. The van der Waals surface area contributed by atoms with Gasteiger partial charge in [-0.2, -0.15) is 18.3 Å². The van der Waals surface area contributed by atoms with Crippen molar-refractivity contribution in [3.05, 3.63) is 37.9 Å². The van der Waals surface area contributed by atoms with Crippen molar-refractivity contribution in [1.29, 1.82) is 0 Å². The van der Waals surface area contributed by atoms with Gasteiger partial charge in [-0.1, -0.05) is 13.8 Å². The van der Waals surface area contributed by atoms with Gasteiger partial charge in [0.25, 0.3) is 0 Å². The SMILES string of the molecule is CCC(CC)=NNc1c([N+](=O)[O-])cc(C(F)(F)F)cc1[N+](=O)[O-]. The first kappa shape index (κ1) is 18.3. The van der Waals surface area contributed by atoms with E-state index in [0.29, 0.717) is 18.6 Å². The second-order valence-electron chi connectivity index (χ2n) is 4.40. The van der Waals surface area contributed by atoms with Gasteiger partial charge in [0.15, 0.2) is 0 Å². The molecule has 126 valence electrons. The highest BCUT2D eigenvalue weighted by atomic mass is 19.4. The number of halogens is 3. The number of rotatable bonds is 6. The van der Waals surface area contributed by atoms with Gasteiger partial charge in [0, 0.05) is 17.8 Å². The van der Waals surface area contributed by atoms with Gasteiger partial charge < -0.3 is 0 Å². The van der Waals surface area contributed by atoms with Crippen LogP contribution in [0.1, 0.15) is 32.3 Å². The lowest BCUT2D eigenvalue weighted by Gasteiger charge is -2.10. The molecule has 0 aliphatic carbocycles. The number of hydrazone groups is 1. The van der Waals surface area contributed by atoms with E-state index in [2.05, 4.69) is 10.5 Å². The monoisotopic (exact) mass is 334 g/mol. The number of nitrogens with one attached hydrogen (secondary N) is 1. The Morgan fingerprint density at radius 2 is 1.57 bits per heavy atom. The standard InChI is InChI=1S/C12H13F3N4O4/c1-3-8(4-2)16-17-11-9(18(20)21)5-7(12(13,14)15)6-10(11)19(22)23/h5-6,17H,3-4H2,1-2H3. The van der Waals surface area contributed by atoms with Gasteiger partial charge in [0.05, 0.1) is 15.4 Å². The third-order valence-corrected chi connectivity index (χ3v) is 2.96. The van der Waals surface area contributed by atoms with Crippen LogP contribution in [-0.4, -0.2) is 15.6 Å². The maximum Gasteiger partial charge on any atom is 0.416 e. The van der Waals surface area contributed by atoms with E-state index in [9.17, 15) is 33.4 Å². The summed E-state index contributed by atoms with van der Waals surface area (Å²) in [5, 5.41) is 25.8. The molecule has 1 N–H and O–H groups in total. The zero-order valence-corrected chi connectivity index (χ0v) is 12.2. The highest BCUT2D eigenvalue weighted by Gasteiger charge is 2.37. The summed E-state index contributed by atoms with van der Waals surface area (Å²) in [6.45, 7) is 3.50. The summed E-state index contributed by atoms with van der Waals surface area (Å²) in [5.41, 5.74) is -1.59. The van der Waals surface area contributed by atoms with Crippen molar-refractivity contribution in [1.82, 2.24) is 0 Å². The van der Waals surface area contributed by atoms with Gasteiger partial charge in [0.2, 0.25) is 5.69 Å². The Balaban J connectivity index is 3.56. The van der Waals surface area contributed by atoms with Crippen LogP contribution in [0.15, 0.2) is 17.2 Å². The number of nitro groups is 2. The number of hydrogen-bond donors (Lipinski definition) is 1. The average molecular weight is 334 g/mol. The van der Waals surface area contributed by atoms with Crippen LogP contribution in [-0.2, 0) is 6.18 Å². The molecule has 0 unspecified atom stereocenters. The molecule has 0 atom stereocenters. The fraction of sp³-hybridized carbons (Fsp3) is 0.417. The van der Waals surface area contributed by atoms with Crippen LogP contribution in [0.25, 0.3) is 0 Å². The molecule has 0 fully saturated rings. The molecular weight excluding hydrogens is 321 g/mol. The largest absolute Gasteiger partial charge is 0.416 e. The van der Waals surface area contributed by atoms with Gasteiger partial charge in [0.1, 0.15) is 0 Å². The molecule has 0 amide bonds. The van der Waals surface area contributed by atoms with E-state index < -0.39 is 38.6 Å². The molecule has 0 saturated carbocycles. The second-order valence-corrected chi connectivity index (χ2v) is 4.40. The Labute approximate surface area is 128 Å². The molecule has 0 aromatic heterocycles. The van der Waals surface area contributed by atoms with E-state index >= 15 is 0 Å². The Morgan fingerprint density at radius 3 is 1.87 bits per heavy atom. The summed E-state index contributed by atoms with van der Waals surface area (Å²) in [4.78, 5) is 19.7. The lowest BCUT2D eigenvalue weighted by molar-refractivity contribution is -0.392. The summed E-state index contributed by atoms with van der Waals surface area (Å²) in [6, 6.07) is 0.477. The molecular formula is C12H13F3N4O4. The first-order chi connectivity index (χ1) is 10.6. The number of nitro benzene ring substituents is 2. The van der Waals surface area contributed by atoms with Gasteiger partial charge in [-0.15, -0.1) is 0 Å². The van der Waals surface area contributed by atoms with Gasteiger partial charge in [-0.25, -0.2) is 0 Å². The summed E-state index contributed by atoms with van der Waals surface area (Å²) in [6.07, 6.45) is -3.99. The zero-order chi connectivity index (χ0) is 17.8. The lowest BCUT2D eigenvalue weighted by atomic mass is 10.1. The molecule has 11 heteroatoms. The highest BCUT2D eigenvalue weighted by Crippen LogP contribution is 2.41. The maximum absolute atomic E-state index is 12.7. The molecule has 0 heterocycles. The van der Waals surface area contributed by atoms with Crippen molar-refractivity contribution in [3.8, 4) is 0 Å². The van der Waals surface area contributed by atoms with Crippen LogP contribution < -0.4 is 5.43 Å². The molecule has 0 saturated heterocycles. The Kier molecular flexibility index (Phi) is 5.60. The van der Waals surface area contributed by atoms with Crippen molar-refractivity contribution in [3.63, 3.8) is 0 Å². The van der Waals surface area contributed by atoms with E-state index in [-0.39, 0.29) is 12.1 Å². The minimum absolute atomic E-state index is 0.239. The fourth-order valence-electron chi connectivity index (χ4n) is 1.72. The van der Waals surface area contributed by atoms with Crippen LogP contribution in [0.4, 0.5) is 30.2 Å². The predicted molar refractivity (Wildman–Crippen MR) is 76.4 cm³/mol. The van der Waals surface area contributed by atoms with E-state index in [4.69, 9.17) is 0 Å². The second kappa shape index (κ2) is 7.03. The Bertz CT molecular complexity index is 617. The van der Waals surface area contributed by atoms with Gasteiger partial charge in [-0.05, 0) is 12.8 Å². The molecule has 0 radical (unpaired) electrons. The number of alkyl halides is 3. The van der Waals surface area contributed by atoms with Crippen molar-refractivity contribution in [2.45, 2.75) is 32.9 Å². The molecule has 0 aliphatic heterocycles. The van der Waals surface area contributed by atoms with E-state index in [1.54, 1.807) is 13.8 Å². The minimum Gasteiger partial charge on any atom is -0.266 e. The lowest BCUT2D eigenvalue weighted by Crippen LogP contribution is -2.10. The van der Waals surface area contributed by atoms with E-state index in [1.807, 2.05) is 0 Å². The predicted octanol–water partition coefficient (Wildman–Crippen LogP) is 4.11. The fourth-order valence-corrected chi connectivity index (χ4v) is 1.72. The minimum atomic E-state index is -4.95. The van der Waals surface area contributed by atoms with Crippen LogP contribution in [0, 0.1) is 20.2 Å². The quantitative estimate of drug-likeness (QED) is 0.478. The summed E-state index contributed by atoms with van der Waals surface area (Å²) in [7, 11) is 0. The molecule has 0 aliphatic rings. The molecule has 1 aromatic carbocycles. The topological polar surface area (TPSA) is 111 Å². The van der Waals surface area contributed by atoms with Crippen LogP contribution in [0.2, 0.25) is 0 Å². The molecule has 23 heavy (non-hydrogen) atoms. The molecule has 1 aromatic rings. The van der Waals surface area contributed by atoms with E-state index in [1.165, 1.54) is 0 Å². The zero-order valence-electron chi connectivity index (χ0n) is 12.2. The summed E-state index contributed by atoms with van der Waals surface area (Å²) >= 11 is 0. The molecule has 0 spiro atoms. The third kappa shape index (κ3) is 4.37. The smallest absolute Gasteiger partial charge is 0.266 e. The number of nitrogens with zero attached hydrogens (tertiary/aromatic N) is 3. The van der Waals surface area contributed by atoms with E-state index in [0.717, 1.165) is 0 Å². The maximum atomic E-state index is 12.7. The summed E-state index contributed by atoms with van der Waals surface area (Å²) < 4.78 is 38.2.